The van der Waals surface area contributed by atoms with E-state index in [0.29, 0.717) is 0 Å². The number of thiophene rings is 1. The Labute approximate surface area is 401 Å². The summed E-state index contributed by atoms with van der Waals surface area (Å²) in [5, 5.41) is 7.38. The van der Waals surface area contributed by atoms with Crippen molar-refractivity contribution in [2.45, 2.75) is 71.1 Å². The summed E-state index contributed by atoms with van der Waals surface area (Å²) in [7, 11) is 0. The topological polar surface area (TPSA) is 26.3 Å². The fraction of sp³-hybridized carbons (Fsp3) is 0.169. The molecule has 1 aliphatic carbocycles. The van der Waals surface area contributed by atoms with Gasteiger partial charge in [-0.3, -0.25) is 0 Å². The molecule has 3 heteroatoms. The molecular formula is C65H52O2S. The number of furan rings is 2. The van der Waals surface area contributed by atoms with E-state index in [4.69, 9.17) is 8.83 Å². The van der Waals surface area contributed by atoms with Gasteiger partial charge in [0.2, 0.25) is 0 Å². The van der Waals surface area contributed by atoms with Crippen LogP contribution in [-0.2, 0) is 22.7 Å². The molecule has 0 spiro atoms. The monoisotopic (exact) mass is 896 g/mol. The first-order chi connectivity index (χ1) is 32.8. The van der Waals surface area contributed by atoms with E-state index in [2.05, 4.69) is 224 Å². The second kappa shape index (κ2) is 14.6. The molecule has 68 heavy (non-hydrogen) atoms. The van der Waals surface area contributed by atoms with Gasteiger partial charge in [0.15, 0.2) is 0 Å². The highest BCUT2D eigenvalue weighted by Gasteiger charge is 2.34. The molecular weight excluding hydrogens is 845 g/mol. The van der Waals surface area contributed by atoms with Gasteiger partial charge in [0.05, 0.1) is 0 Å². The van der Waals surface area contributed by atoms with Crippen LogP contribution in [0.25, 0.3) is 109 Å². The van der Waals surface area contributed by atoms with Crippen molar-refractivity contribution in [1.29, 1.82) is 0 Å². The molecule has 2 nitrogen and oxygen atoms in total. The van der Waals surface area contributed by atoms with Crippen LogP contribution in [0.4, 0.5) is 0 Å². The summed E-state index contributed by atoms with van der Waals surface area (Å²) in [6.45, 7) is 16.5. The van der Waals surface area contributed by atoms with Crippen LogP contribution in [0, 0.1) is 0 Å². The minimum absolute atomic E-state index is 0.0941. The lowest BCUT2D eigenvalue weighted by Gasteiger charge is -2.32. The van der Waals surface area contributed by atoms with E-state index in [1.54, 1.807) is 0 Å². The highest BCUT2D eigenvalue weighted by atomic mass is 32.1. The van der Waals surface area contributed by atoms with Crippen LogP contribution in [0.3, 0.4) is 0 Å². The van der Waals surface area contributed by atoms with E-state index in [1.807, 2.05) is 11.3 Å². The number of rotatable bonds is 6. The first kappa shape index (κ1) is 41.0. The summed E-state index contributed by atoms with van der Waals surface area (Å²) < 4.78 is 16.8. The Balaban J connectivity index is 0.984. The molecule has 1 aliphatic rings. The van der Waals surface area contributed by atoms with Crippen LogP contribution >= 0.6 is 11.3 Å². The third-order valence-electron chi connectivity index (χ3n) is 15.1. The predicted octanol–water partition coefficient (Wildman–Crippen LogP) is 19.0. The molecule has 12 aromatic rings. The average Bonchev–Trinajstić information content (AvgIpc) is 4.05. The number of fused-ring (bicyclic) bond motifs is 9. The van der Waals surface area contributed by atoms with Gasteiger partial charge in [-0.1, -0.05) is 200 Å². The number of benzene rings is 9. The Morgan fingerprint density at radius 2 is 1.04 bits per heavy atom. The van der Waals surface area contributed by atoms with Crippen molar-refractivity contribution in [3.8, 4) is 44.5 Å². The molecule has 0 unspecified atom stereocenters. The first-order valence-electron chi connectivity index (χ1n) is 24.0. The molecule has 3 heterocycles. The third kappa shape index (κ3) is 6.14. The number of para-hydroxylation sites is 1. The maximum atomic E-state index is 7.10. The van der Waals surface area contributed by atoms with E-state index in [1.165, 1.54) is 92.1 Å². The van der Waals surface area contributed by atoms with Crippen LogP contribution in [0.15, 0.2) is 185 Å². The molecule has 0 atom stereocenters. The quantitative estimate of drug-likeness (QED) is 0.166. The van der Waals surface area contributed by atoms with E-state index < -0.39 is 0 Å². The molecule has 0 aliphatic heterocycles. The highest BCUT2D eigenvalue weighted by molar-refractivity contribution is 7.26. The molecule has 0 fully saturated rings. The van der Waals surface area contributed by atoms with E-state index in [9.17, 15) is 0 Å². The Morgan fingerprint density at radius 3 is 1.76 bits per heavy atom. The largest absolute Gasteiger partial charge is 0.456 e. The zero-order valence-electron chi connectivity index (χ0n) is 39.7. The maximum Gasteiger partial charge on any atom is 0.143 e. The Kier molecular flexibility index (Phi) is 8.84. The molecule has 0 amide bonds. The molecule has 3 aromatic heterocycles. The smallest absolute Gasteiger partial charge is 0.143 e. The van der Waals surface area contributed by atoms with Gasteiger partial charge in [-0.2, -0.15) is 0 Å². The van der Waals surface area contributed by atoms with Crippen molar-refractivity contribution in [2.24, 2.45) is 0 Å². The molecule has 2 bridgehead atoms. The molecule has 9 aromatic carbocycles. The van der Waals surface area contributed by atoms with Gasteiger partial charge in [-0.05, 0) is 103 Å². The summed E-state index contributed by atoms with van der Waals surface area (Å²) in [4.78, 5) is 0. The third-order valence-corrected chi connectivity index (χ3v) is 16.4. The lowest BCUT2D eigenvalue weighted by molar-refractivity contribution is 0.526. The van der Waals surface area contributed by atoms with Crippen molar-refractivity contribution in [3.05, 3.63) is 204 Å². The zero-order chi connectivity index (χ0) is 46.3. The second-order valence-corrected chi connectivity index (χ2v) is 22.4. The fourth-order valence-corrected chi connectivity index (χ4v) is 13.2. The van der Waals surface area contributed by atoms with Crippen LogP contribution in [0.1, 0.15) is 76.3 Å². The normalized spacial score (nSPS) is 13.7. The summed E-state index contributed by atoms with van der Waals surface area (Å²) in [6.07, 6.45) is 0.857. The lowest BCUT2D eigenvalue weighted by atomic mass is 9.71. The molecule has 13 rings (SSSR count). The minimum atomic E-state index is -0.367. The summed E-state index contributed by atoms with van der Waals surface area (Å²) >= 11 is 1.94. The molecule has 0 radical (unpaired) electrons. The van der Waals surface area contributed by atoms with Crippen LogP contribution < -0.4 is 0 Å². The number of hydrogen-bond acceptors (Lipinski definition) is 3. The van der Waals surface area contributed by atoms with Crippen molar-refractivity contribution in [1.82, 2.24) is 0 Å². The molecule has 0 N–H and O–H groups in total. The van der Waals surface area contributed by atoms with E-state index >= 15 is 0 Å². The van der Waals surface area contributed by atoms with Gasteiger partial charge in [-0.15, -0.1) is 11.3 Å². The predicted molar refractivity (Wildman–Crippen MR) is 290 cm³/mol. The van der Waals surface area contributed by atoms with Crippen molar-refractivity contribution >= 4 is 75.4 Å². The average molecular weight is 897 g/mol. The summed E-state index contributed by atoms with van der Waals surface area (Å²) in [5.41, 5.74) is 19.2. The fourth-order valence-electron chi connectivity index (χ4n) is 11.7. The summed E-state index contributed by atoms with van der Waals surface area (Å²) in [5.74, 6) is 0. The highest BCUT2D eigenvalue weighted by Crippen LogP contribution is 2.51. The van der Waals surface area contributed by atoms with Crippen LogP contribution in [-0.4, -0.2) is 0 Å². The van der Waals surface area contributed by atoms with E-state index in [-0.39, 0.29) is 16.2 Å². The van der Waals surface area contributed by atoms with Gasteiger partial charge in [0.1, 0.15) is 22.3 Å². The molecule has 330 valence electrons. The second-order valence-electron chi connectivity index (χ2n) is 21.4. The Morgan fingerprint density at radius 1 is 0.441 bits per heavy atom. The Hall–Kier alpha value is -7.20. The molecule has 0 saturated heterocycles. The van der Waals surface area contributed by atoms with E-state index in [0.717, 1.165) is 50.7 Å². The first-order valence-corrected chi connectivity index (χ1v) is 24.8. The Bertz CT molecular complexity index is 4020. The minimum Gasteiger partial charge on any atom is -0.456 e. The van der Waals surface area contributed by atoms with Gasteiger partial charge < -0.3 is 8.83 Å². The van der Waals surface area contributed by atoms with Crippen LogP contribution in [0.5, 0.6) is 0 Å². The van der Waals surface area contributed by atoms with Gasteiger partial charge >= 0.3 is 0 Å². The van der Waals surface area contributed by atoms with Crippen LogP contribution in [0.2, 0.25) is 0 Å². The van der Waals surface area contributed by atoms with Gasteiger partial charge in [0, 0.05) is 58.3 Å². The lowest BCUT2D eigenvalue weighted by Crippen LogP contribution is -2.23. The van der Waals surface area contributed by atoms with Crippen molar-refractivity contribution < 1.29 is 8.83 Å². The maximum absolute atomic E-state index is 7.10. The zero-order valence-corrected chi connectivity index (χ0v) is 40.5. The van der Waals surface area contributed by atoms with Crippen molar-refractivity contribution in [2.75, 3.05) is 0 Å². The SMILES string of the molecule is CC(C)(C)c1cccc2c1oc1c(-c3ccccc3)ccc(-c3cc4cc(c3)C(C)(C)c3cc(CC(C)(C)c5cccc6c5sc5c(-c7ccccc7)cccc56)cc5oc6cccc-4c6c35)c12. The van der Waals surface area contributed by atoms with Crippen molar-refractivity contribution in [3.63, 3.8) is 0 Å². The standard InChI is InChI=1S/C65H52O2S/c1-63(2,3)51-27-16-26-50-56-45(30-31-46(60(56)67-59(50)51)39-18-10-8-11-19-39)42-34-41-35-43(36-42)65(6,7)53-32-38(33-55-58(53)57-44(41)22-17-29-54(57)66-55)37-64(4,5)52-28-15-25-49-48-24-14-23-47(61(48)68-62(49)52)40-20-12-9-13-21-40/h8-36H,37H2,1-7H3. The molecule has 0 saturated carbocycles. The van der Waals surface area contributed by atoms with Gasteiger partial charge in [-0.25, -0.2) is 0 Å². The summed E-state index contributed by atoms with van der Waals surface area (Å²) in [6, 6.07) is 65.2. The van der Waals surface area contributed by atoms with Gasteiger partial charge in [0.25, 0.3) is 0 Å². The number of hydrogen-bond donors (Lipinski definition) is 0.